The van der Waals surface area contributed by atoms with Crippen molar-refractivity contribution >= 4 is 21.8 Å². The standard InChI is InChI=1S/C24H20N3/c1-17-8-3-4-10-19(17)24-26(2)22-11-5-6-12-23(22)27(24)21-13-7-9-18-16-25-15-14-20(18)21/h3-16H,1-2H3/q+1. The van der Waals surface area contributed by atoms with Crippen LogP contribution in [0, 0.1) is 6.92 Å². The lowest BCUT2D eigenvalue weighted by atomic mass is 10.1. The fourth-order valence-corrected chi connectivity index (χ4v) is 3.98. The van der Waals surface area contributed by atoms with Gasteiger partial charge in [0.1, 0.15) is 5.69 Å². The summed E-state index contributed by atoms with van der Waals surface area (Å²) in [6, 6.07) is 25.7. The molecular formula is C24H20N3+. The van der Waals surface area contributed by atoms with Crippen LogP contribution >= 0.6 is 0 Å². The van der Waals surface area contributed by atoms with Crippen LogP contribution in [0.25, 0.3) is 38.9 Å². The highest BCUT2D eigenvalue weighted by atomic mass is 15.2. The van der Waals surface area contributed by atoms with Gasteiger partial charge >= 0.3 is 0 Å². The first-order valence-corrected chi connectivity index (χ1v) is 9.14. The van der Waals surface area contributed by atoms with E-state index in [0.717, 1.165) is 5.39 Å². The van der Waals surface area contributed by atoms with Crippen LogP contribution in [0.2, 0.25) is 0 Å². The average Bonchev–Trinajstić information content (AvgIpc) is 3.00. The molecule has 0 saturated carbocycles. The molecule has 0 radical (unpaired) electrons. The Morgan fingerprint density at radius 1 is 0.852 bits per heavy atom. The van der Waals surface area contributed by atoms with Gasteiger partial charge in [-0.25, -0.2) is 4.57 Å². The van der Waals surface area contributed by atoms with Crippen LogP contribution in [0.4, 0.5) is 0 Å². The van der Waals surface area contributed by atoms with Gasteiger partial charge in [-0.15, -0.1) is 0 Å². The van der Waals surface area contributed by atoms with Gasteiger partial charge in [0.2, 0.25) is 0 Å². The molecule has 5 rings (SSSR count). The zero-order chi connectivity index (χ0) is 18.4. The summed E-state index contributed by atoms with van der Waals surface area (Å²) in [6.07, 6.45) is 3.79. The Kier molecular flexibility index (Phi) is 3.54. The second-order valence-corrected chi connectivity index (χ2v) is 6.90. The number of hydrogen-bond donors (Lipinski definition) is 0. The molecular weight excluding hydrogens is 330 g/mol. The molecule has 0 atom stereocenters. The third-order valence-corrected chi connectivity index (χ3v) is 5.30. The van der Waals surface area contributed by atoms with Gasteiger partial charge in [0.25, 0.3) is 5.82 Å². The number of rotatable bonds is 2. The van der Waals surface area contributed by atoms with Gasteiger partial charge in [0, 0.05) is 23.2 Å². The predicted octanol–water partition coefficient (Wildman–Crippen LogP) is 4.98. The van der Waals surface area contributed by atoms with Gasteiger partial charge < -0.3 is 0 Å². The smallest absolute Gasteiger partial charge is 0.264 e. The monoisotopic (exact) mass is 350 g/mol. The Morgan fingerprint density at radius 3 is 2.56 bits per heavy atom. The van der Waals surface area contributed by atoms with Gasteiger partial charge in [-0.1, -0.05) is 42.5 Å². The van der Waals surface area contributed by atoms with Crippen molar-refractivity contribution in [3.05, 3.63) is 90.8 Å². The van der Waals surface area contributed by atoms with E-state index in [2.05, 4.69) is 101 Å². The van der Waals surface area contributed by atoms with E-state index in [-0.39, 0.29) is 0 Å². The fraction of sp³-hybridized carbons (Fsp3) is 0.0833. The number of pyridine rings is 1. The van der Waals surface area contributed by atoms with E-state index < -0.39 is 0 Å². The van der Waals surface area contributed by atoms with Gasteiger partial charge in [-0.3, -0.25) is 4.98 Å². The zero-order valence-corrected chi connectivity index (χ0v) is 15.4. The van der Waals surface area contributed by atoms with E-state index in [9.17, 15) is 0 Å². The summed E-state index contributed by atoms with van der Waals surface area (Å²) in [5.74, 6) is 1.18. The molecule has 2 heterocycles. The second kappa shape index (κ2) is 6.06. The minimum Gasteiger partial charge on any atom is -0.264 e. The van der Waals surface area contributed by atoms with E-state index in [1.165, 1.54) is 39.1 Å². The van der Waals surface area contributed by atoms with Crippen molar-refractivity contribution in [2.45, 2.75) is 6.92 Å². The molecule has 0 saturated heterocycles. The molecule has 27 heavy (non-hydrogen) atoms. The van der Waals surface area contributed by atoms with E-state index in [0.29, 0.717) is 0 Å². The molecule has 3 nitrogen and oxygen atoms in total. The highest BCUT2D eigenvalue weighted by Crippen LogP contribution is 2.31. The molecule has 3 aromatic carbocycles. The molecule has 3 heteroatoms. The summed E-state index contributed by atoms with van der Waals surface area (Å²) >= 11 is 0. The second-order valence-electron chi connectivity index (χ2n) is 6.90. The normalized spacial score (nSPS) is 11.3. The Morgan fingerprint density at radius 2 is 1.67 bits per heavy atom. The van der Waals surface area contributed by atoms with Gasteiger partial charge in [-0.2, -0.15) is 4.57 Å². The molecule has 130 valence electrons. The molecule has 0 unspecified atom stereocenters. The van der Waals surface area contributed by atoms with Gasteiger partial charge in [0.05, 0.1) is 12.6 Å². The molecule has 0 aliphatic heterocycles. The van der Waals surface area contributed by atoms with Gasteiger partial charge in [0.15, 0.2) is 11.0 Å². The minimum atomic E-state index is 1.14. The Labute approximate surface area is 158 Å². The lowest BCUT2D eigenvalue weighted by Gasteiger charge is -2.08. The fourth-order valence-electron chi connectivity index (χ4n) is 3.98. The summed E-state index contributed by atoms with van der Waals surface area (Å²) in [5, 5.41) is 2.34. The summed E-state index contributed by atoms with van der Waals surface area (Å²) < 4.78 is 4.66. The molecule has 0 fully saturated rings. The van der Waals surface area contributed by atoms with E-state index in [4.69, 9.17) is 0 Å². The number of benzene rings is 3. The molecule has 0 aliphatic rings. The third-order valence-electron chi connectivity index (χ3n) is 5.30. The van der Waals surface area contributed by atoms with Crippen LogP contribution in [-0.4, -0.2) is 9.55 Å². The number of nitrogens with zero attached hydrogens (tertiary/aromatic N) is 3. The van der Waals surface area contributed by atoms with Crippen molar-refractivity contribution in [2.75, 3.05) is 0 Å². The molecule has 0 N–H and O–H groups in total. The summed E-state index contributed by atoms with van der Waals surface area (Å²) in [5.41, 5.74) is 6.08. The number of imidazole rings is 1. The van der Waals surface area contributed by atoms with Crippen molar-refractivity contribution in [3.8, 4) is 17.1 Å². The number of fused-ring (bicyclic) bond motifs is 2. The molecule has 2 aromatic heterocycles. The van der Waals surface area contributed by atoms with Crippen molar-refractivity contribution in [2.24, 2.45) is 7.05 Å². The molecule has 0 amide bonds. The number of hydrogen-bond acceptors (Lipinski definition) is 1. The van der Waals surface area contributed by atoms with E-state index >= 15 is 0 Å². The van der Waals surface area contributed by atoms with Crippen molar-refractivity contribution in [1.82, 2.24) is 9.55 Å². The van der Waals surface area contributed by atoms with E-state index in [1.54, 1.807) is 0 Å². The quantitative estimate of drug-likeness (QED) is 0.412. The van der Waals surface area contributed by atoms with Crippen LogP contribution < -0.4 is 4.57 Å². The SMILES string of the molecule is Cc1ccccc1-c1n(-c2cccc3cnccc23)c2ccccc2[n+]1C. The highest BCUT2D eigenvalue weighted by Gasteiger charge is 2.27. The number of para-hydroxylation sites is 2. The van der Waals surface area contributed by atoms with Crippen molar-refractivity contribution in [1.29, 1.82) is 0 Å². The predicted molar refractivity (Wildman–Crippen MR) is 110 cm³/mol. The Hall–Kier alpha value is -3.46. The van der Waals surface area contributed by atoms with Crippen LogP contribution in [0.3, 0.4) is 0 Å². The largest absolute Gasteiger partial charge is 0.295 e. The maximum Gasteiger partial charge on any atom is 0.295 e. The first kappa shape index (κ1) is 15.8. The summed E-state index contributed by atoms with van der Waals surface area (Å²) in [7, 11) is 2.15. The molecule has 0 spiro atoms. The molecule has 0 bridgehead atoms. The third kappa shape index (κ3) is 2.36. The van der Waals surface area contributed by atoms with E-state index in [1.807, 2.05) is 12.4 Å². The lowest BCUT2D eigenvalue weighted by molar-refractivity contribution is -0.633. The summed E-state index contributed by atoms with van der Waals surface area (Å²) in [6.45, 7) is 2.17. The first-order valence-electron chi connectivity index (χ1n) is 9.14. The minimum absolute atomic E-state index is 1.14. The highest BCUT2D eigenvalue weighted by molar-refractivity contribution is 5.92. The Bertz CT molecular complexity index is 1290. The van der Waals surface area contributed by atoms with Crippen molar-refractivity contribution in [3.63, 3.8) is 0 Å². The maximum atomic E-state index is 4.30. The average molecular weight is 350 g/mol. The zero-order valence-electron chi connectivity index (χ0n) is 15.4. The molecule has 0 aliphatic carbocycles. The van der Waals surface area contributed by atoms with Crippen LogP contribution in [0.5, 0.6) is 0 Å². The first-order chi connectivity index (χ1) is 13.3. The van der Waals surface area contributed by atoms with Gasteiger partial charge in [-0.05, 0) is 42.8 Å². The Balaban J connectivity index is 1.98. The van der Waals surface area contributed by atoms with Crippen molar-refractivity contribution < 1.29 is 4.57 Å². The molecule has 5 aromatic rings. The van der Waals surface area contributed by atoms with Crippen LogP contribution in [0.1, 0.15) is 5.56 Å². The lowest BCUT2D eigenvalue weighted by Crippen LogP contribution is -2.30. The summed E-state index contributed by atoms with van der Waals surface area (Å²) in [4.78, 5) is 4.30. The topological polar surface area (TPSA) is 21.7 Å². The van der Waals surface area contributed by atoms with Crippen LogP contribution in [-0.2, 0) is 7.05 Å². The number of aromatic nitrogens is 3. The number of aryl methyl sites for hydroxylation is 2. The maximum absolute atomic E-state index is 4.30. The van der Waals surface area contributed by atoms with Crippen LogP contribution in [0.15, 0.2) is 85.2 Å².